The van der Waals surface area contributed by atoms with Crippen LogP contribution in [0.15, 0.2) is 23.1 Å². The van der Waals surface area contributed by atoms with Gasteiger partial charge in [0.05, 0.1) is 4.90 Å². The molecule has 5 nitrogen and oxygen atoms in total. The average molecular weight is 316 g/mol. The summed E-state index contributed by atoms with van der Waals surface area (Å²) in [6.45, 7) is 5.98. The Morgan fingerprint density at radius 2 is 1.95 bits per heavy atom. The first-order valence-corrected chi connectivity index (χ1v) is 8.32. The summed E-state index contributed by atoms with van der Waals surface area (Å²) in [5.41, 5.74) is -0.0602. The highest BCUT2D eigenvalue weighted by atomic mass is 32.2. The van der Waals surface area contributed by atoms with Gasteiger partial charge in [0.2, 0.25) is 10.0 Å². The summed E-state index contributed by atoms with van der Waals surface area (Å²) in [6, 6.07) is 2.76. The number of hydrogen-bond donors (Lipinski definition) is 2. The smallest absolute Gasteiger partial charge is 0.251 e. The van der Waals surface area contributed by atoms with Gasteiger partial charge in [0.25, 0.3) is 5.91 Å². The quantitative estimate of drug-likeness (QED) is 0.841. The third kappa shape index (κ3) is 5.43. The van der Waals surface area contributed by atoms with Crippen LogP contribution in [0.2, 0.25) is 0 Å². The average Bonchev–Trinajstić information content (AvgIpc) is 2.36. The molecule has 0 spiro atoms. The molecule has 1 aromatic carbocycles. The number of sulfonamides is 1. The van der Waals surface area contributed by atoms with Crippen LogP contribution in [0.3, 0.4) is 0 Å². The molecule has 21 heavy (non-hydrogen) atoms. The lowest BCUT2D eigenvalue weighted by Gasteiger charge is -2.17. The van der Waals surface area contributed by atoms with Crippen molar-refractivity contribution in [2.45, 2.75) is 44.6 Å². The molecule has 0 aliphatic heterocycles. The molecule has 0 heterocycles. The van der Waals surface area contributed by atoms with Gasteiger partial charge in [-0.25, -0.2) is 17.9 Å². The van der Waals surface area contributed by atoms with Gasteiger partial charge in [-0.15, -0.1) is 0 Å². The summed E-state index contributed by atoms with van der Waals surface area (Å²) in [4.78, 5) is 11.6. The number of hydrogen-bond acceptors (Lipinski definition) is 3. The van der Waals surface area contributed by atoms with Crippen LogP contribution in [0, 0.1) is 11.7 Å². The SMILES string of the molecule is CCC(C)CC(C)NC(=O)c1cc(F)cc(S(N)(=O)=O)c1. The van der Waals surface area contributed by atoms with Crippen LogP contribution in [-0.4, -0.2) is 20.4 Å². The molecule has 0 aliphatic rings. The molecule has 1 aromatic rings. The largest absolute Gasteiger partial charge is 0.350 e. The Morgan fingerprint density at radius 3 is 2.48 bits per heavy atom. The zero-order valence-electron chi connectivity index (χ0n) is 12.4. The monoisotopic (exact) mass is 316 g/mol. The molecule has 118 valence electrons. The van der Waals surface area contributed by atoms with Crippen molar-refractivity contribution in [3.63, 3.8) is 0 Å². The number of nitrogens with two attached hydrogens (primary N) is 1. The van der Waals surface area contributed by atoms with Crippen LogP contribution in [0.4, 0.5) is 4.39 Å². The third-order valence-electron chi connectivity index (χ3n) is 3.29. The molecule has 1 rings (SSSR count). The minimum Gasteiger partial charge on any atom is -0.350 e. The molecule has 0 aliphatic carbocycles. The van der Waals surface area contributed by atoms with Gasteiger partial charge >= 0.3 is 0 Å². The normalized spacial score (nSPS) is 14.5. The van der Waals surface area contributed by atoms with Gasteiger partial charge in [-0.2, -0.15) is 0 Å². The Labute approximate surface area is 124 Å². The minimum absolute atomic E-state index is 0.0602. The highest BCUT2D eigenvalue weighted by molar-refractivity contribution is 7.89. The fourth-order valence-corrected chi connectivity index (χ4v) is 2.56. The molecule has 0 fully saturated rings. The zero-order chi connectivity index (χ0) is 16.2. The lowest BCUT2D eigenvalue weighted by molar-refractivity contribution is 0.0934. The van der Waals surface area contributed by atoms with Gasteiger partial charge in [0.1, 0.15) is 5.82 Å². The van der Waals surface area contributed by atoms with Crippen LogP contribution in [0.5, 0.6) is 0 Å². The second kappa shape index (κ2) is 7.00. The number of carbonyl (C=O) groups is 1. The maximum Gasteiger partial charge on any atom is 0.251 e. The Balaban J connectivity index is 2.91. The van der Waals surface area contributed by atoms with E-state index in [1.165, 1.54) is 0 Å². The topological polar surface area (TPSA) is 89.3 Å². The van der Waals surface area contributed by atoms with Crippen molar-refractivity contribution >= 4 is 15.9 Å². The standard InChI is InChI=1S/C14H21FN2O3S/c1-4-9(2)5-10(3)17-14(18)11-6-12(15)8-13(7-11)21(16,19)20/h6-10H,4-5H2,1-3H3,(H,17,18)(H2,16,19,20). The van der Waals surface area contributed by atoms with Gasteiger partial charge in [-0.1, -0.05) is 20.3 Å². The van der Waals surface area contributed by atoms with E-state index in [0.717, 1.165) is 31.0 Å². The third-order valence-corrected chi connectivity index (χ3v) is 4.19. The summed E-state index contributed by atoms with van der Waals surface area (Å²) in [5, 5.41) is 7.68. The molecule has 0 saturated heterocycles. The first kappa shape index (κ1) is 17.6. The minimum atomic E-state index is -4.05. The predicted octanol–water partition coefficient (Wildman–Crippen LogP) is 2.03. The van der Waals surface area contributed by atoms with E-state index in [1.54, 1.807) is 0 Å². The van der Waals surface area contributed by atoms with Crippen molar-refractivity contribution in [3.8, 4) is 0 Å². The fraction of sp³-hybridized carbons (Fsp3) is 0.500. The van der Waals surface area contributed by atoms with E-state index in [4.69, 9.17) is 5.14 Å². The zero-order valence-corrected chi connectivity index (χ0v) is 13.2. The number of rotatable bonds is 6. The number of amides is 1. The van der Waals surface area contributed by atoms with Crippen molar-refractivity contribution in [3.05, 3.63) is 29.6 Å². The number of carbonyl (C=O) groups excluding carboxylic acids is 1. The molecular weight excluding hydrogens is 295 g/mol. The van der Waals surface area contributed by atoms with Crippen molar-refractivity contribution in [2.75, 3.05) is 0 Å². The van der Waals surface area contributed by atoms with Crippen LogP contribution in [0.25, 0.3) is 0 Å². The molecule has 0 bridgehead atoms. The van der Waals surface area contributed by atoms with Gasteiger partial charge in [-0.3, -0.25) is 4.79 Å². The molecule has 1 amide bonds. The summed E-state index contributed by atoms with van der Waals surface area (Å²) in [6.07, 6.45) is 1.79. The molecule has 2 unspecified atom stereocenters. The van der Waals surface area contributed by atoms with Gasteiger partial charge in [-0.05, 0) is 37.5 Å². The lowest BCUT2D eigenvalue weighted by atomic mass is 10.00. The Hall–Kier alpha value is -1.47. The molecule has 0 aromatic heterocycles. The highest BCUT2D eigenvalue weighted by Crippen LogP contribution is 2.14. The molecule has 3 N–H and O–H groups in total. The number of nitrogens with one attached hydrogen (secondary N) is 1. The molecular formula is C14H21FN2O3S. The van der Waals surface area contributed by atoms with E-state index in [0.29, 0.717) is 5.92 Å². The second-order valence-corrected chi connectivity index (χ2v) is 6.91. The van der Waals surface area contributed by atoms with Crippen molar-refractivity contribution in [1.29, 1.82) is 0 Å². The summed E-state index contributed by atoms with van der Waals surface area (Å²) in [5.74, 6) is -0.885. The van der Waals surface area contributed by atoms with Gasteiger partial charge in [0.15, 0.2) is 0 Å². The van der Waals surface area contributed by atoms with Crippen LogP contribution in [-0.2, 0) is 10.0 Å². The first-order valence-electron chi connectivity index (χ1n) is 6.77. The lowest BCUT2D eigenvalue weighted by Crippen LogP contribution is -2.34. The summed E-state index contributed by atoms with van der Waals surface area (Å²) < 4.78 is 35.9. The van der Waals surface area contributed by atoms with Crippen LogP contribution in [0.1, 0.15) is 44.0 Å². The molecule has 7 heteroatoms. The Kier molecular flexibility index (Phi) is 5.86. The Bertz CT molecular complexity index is 617. The van der Waals surface area contributed by atoms with E-state index in [9.17, 15) is 17.6 Å². The van der Waals surface area contributed by atoms with Gasteiger partial charge in [0, 0.05) is 11.6 Å². The number of benzene rings is 1. The van der Waals surface area contributed by atoms with Crippen molar-refractivity contribution < 1.29 is 17.6 Å². The molecule has 0 radical (unpaired) electrons. The van der Waals surface area contributed by atoms with E-state index in [2.05, 4.69) is 19.2 Å². The van der Waals surface area contributed by atoms with E-state index in [1.807, 2.05) is 6.92 Å². The van der Waals surface area contributed by atoms with E-state index >= 15 is 0 Å². The molecule has 0 saturated carbocycles. The summed E-state index contributed by atoms with van der Waals surface area (Å²) in [7, 11) is -4.05. The van der Waals surface area contributed by atoms with E-state index < -0.39 is 26.6 Å². The fourth-order valence-electron chi connectivity index (χ4n) is 1.99. The second-order valence-electron chi connectivity index (χ2n) is 5.34. The van der Waals surface area contributed by atoms with Crippen LogP contribution < -0.4 is 10.5 Å². The highest BCUT2D eigenvalue weighted by Gasteiger charge is 2.17. The van der Waals surface area contributed by atoms with Crippen molar-refractivity contribution in [1.82, 2.24) is 5.32 Å². The van der Waals surface area contributed by atoms with Gasteiger partial charge < -0.3 is 5.32 Å². The maximum absolute atomic E-state index is 13.4. The first-order chi connectivity index (χ1) is 9.63. The predicted molar refractivity (Wildman–Crippen MR) is 78.8 cm³/mol. The number of halogens is 1. The van der Waals surface area contributed by atoms with E-state index in [-0.39, 0.29) is 11.6 Å². The Morgan fingerprint density at radius 1 is 1.33 bits per heavy atom. The maximum atomic E-state index is 13.4. The molecule has 2 atom stereocenters. The van der Waals surface area contributed by atoms with Crippen molar-refractivity contribution in [2.24, 2.45) is 11.1 Å². The van der Waals surface area contributed by atoms with Crippen LogP contribution >= 0.6 is 0 Å². The number of primary sulfonamides is 1. The summed E-state index contributed by atoms with van der Waals surface area (Å²) >= 11 is 0.